The Morgan fingerprint density at radius 3 is 2.53 bits per heavy atom. The van der Waals surface area contributed by atoms with E-state index in [0.29, 0.717) is 5.56 Å². The van der Waals surface area contributed by atoms with Gasteiger partial charge in [-0.3, -0.25) is 14.4 Å². The number of fused-ring (bicyclic) bond motifs is 1. The highest BCUT2D eigenvalue weighted by molar-refractivity contribution is 8.01. The third kappa shape index (κ3) is 4.44. The van der Waals surface area contributed by atoms with Crippen molar-refractivity contribution in [2.45, 2.75) is 62.8 Å². The molecule has 2 saturated heterocycles. The fourth-order valence-corrected chi connectivity index (χ4v) is 6.60. The number of phenolic OH excluding ortho intramolecular Hbond substituents is 1. The number of likely N-dealkylation sites (tertiary alicyclic amines) is 1. The topological polar surface area (TPSA) is 136 Å². The predicted molar refractivity (Wildman–Crippen MR) is 137 cm³/mol. The average Bonchev–Trinajstić information content (AvgIpc) is 3.11. The zero-order valence-corrected chi connectivity index (χ0v) is 21.6. The smallest absolute Gasteiger partial charge is 0.255 e. The molecule has 2 aliphatic rings. The first-order valence-electron chi connectivity index (χ1n) is 11.7. The number of amides is 3. The maximum atomic E-state index is 13.5. The van der Waals surface area contributed by atoms with Crippen molar-refractivity contribution >= 4 is 29.5 Å². The molecule has 2 heterocycles. The third-order valence-corrected chi connectivity index (χ3v) is 8.27. The van der Waals surface area contributed by atoms with Gasteiger partial charge in [0.2, 0.25) is 0 Å². The molecule has 0 bridgehead atoms. The highest BCUT2D eigenvalue weighted by Gasteiger charge is 2.68. The Kier molecular flexibility index (Phi) is 6.80. The number of aromatic hydroxyl groups is 1. The molecular formula is C26H32N4O5S. The molecule has 4 atom stereocenters. The van der Waals surface area contributed by atoms with Crippen LogP contribution in [0.4, 0.5) is 0 Å². The summed E-state index contributed by atoms with van der Waals surface area (Å²) in [5.74, 6) is -1.23. The second-order valence-electron chi connectivity index (χ2n) is 10.0. The van der Waals surface area contributed by atoms with Crippen molar-refractivity contribution in [3.8, 4) is 5.75 Å². The lowest BCUT2D eigenvalue weighted by molar-refractivity contribution is -0.176. The van der Waals surface area contributed by atoms with Crippen LogP contribution < -0.4 is 11.1 Å². The molecular weight excluding hydrogens is 480 g/mol. The van der Waals surface area contributed by atoms with Crippen LogP contribution in [0.25, 0.3) is 0 Å². The predicted octanol–water partition coefficient (Wildman–Crippen LogP) is 1.56. The van der Waals surface area contributed by atoms with Crippen molar-refractivity contribution in [3.63, 3.8) is 0 Å². The number of thioether (sulfide) groups is 1. The standard InChI is InChI=1S/C26H32N4O5S/c1-15-17(11-8-12-19(15)31)22(33)28-18(13-16-9-6-5-7-10-16)20(32)23(34)29-14-36-26(4)21(29)24(35)30(26)25(2,3)27/h5-12,18,20-21,31-32H,13-14,27H2,1-4H3,(H,28,33)/t18-,20-,21+,26?/m0/s1. The molecule has 3 amide bonds. The number of hydrogen-bond acceptors (Lipinski definition) is 7. The molecule has 2 aliphatic heterocycles. The minimum Gasteiger partial charge on any atom is -0.508 e. The molecule has 36 heavy (non-hydrogen) atoms. The fraction of sp³-hybridized carbons (Fsp3) is 0.423. The lowest BCUT2D eigenvalue weighted by Crippen LogP contribution is -2.80. The van der Waals surface area contributed by atoms with Crippen LogP contribution >= 0.6 is 11.8 Å². The second kappa shape index (κ2) is 9.42. The van der Waals surface area contributed by atoms with Crippen LogP contribution in [-0.2, 0) is 16.0 Å². The van der Waals surface area contributed by atoms with Gasteiger partial charge in [0.05, 0.1) is 17.6 Å². The van der Waals surface area contributed by atoms with Crippen molar-refractivity contribution in [1.82, 2.24) is 15.1 Å². The number of nitrogens with one attached hydrogen (secondary N) is 1. The van der Waals surface area contributed by atoms with Crippen molar-refractivity contribution in [1.29, 1.82) is 0 Å². The summed E-state index contributed by atoms with van der Waals surface area (Å²) < 4.78 is 0. The van der Waals surface area contributed by atoms with Crippen LogP contribution in [0.2, 0.25) is 0 Å². The Bertz CT molecular complexity index is 1180. The van der Waals surface area contributed by atoms with Gasteiger partial charge >= 0.3 is 0 Å². The molecule has 2 aromatic rings. The Hall–Kier alpha value is -3.08. The maximum absolute atomic E-state index is 13.5. The summed E-state index contributed by atoms with van der Waals surface area (Å²) in [6.07, 6.45) is -1.40. The maximum Gasteiger partial charge on any atom is 0.255 e. The zero-order valence-electron chi connectivity index (χ0n) is 20.8. The summed E-state index contributed by atoms with van der Waals surface area (Å²) in [7, 11) is 0. The number of phenols is 1. The molecule has 0 spiro atoms. The van der Waals surface area contributed by atoms with Crippen molar-refractivity contribution in [2.24, 2.45) is 5.73 Å². The van der Waals surface area contributed by atoms with Crippen LogP contribution in [0.15, 0.2) is 48.5 Å². The van der Waals surface area contributed by atoms with E-state index in [-0.39, 0.29) is 29.5 Å². The molecule has 2 fully saturated rings. The van der Waals surface area contributed by atoms with E-state index >= 15 is 0 Å². The molecule has 2 aromatic carbocycles. The monoisotopic (exact) mass is 512 g/mol. The number of hydrogen-bond donors (Lipinski definition) is 4. The zero-order chi connectivity index (χ0) is 26.4. The van der Waals surface area contributed by atoms with Gasteiger partial charge in [-0.2, -0.15) is 0 Å². The van der Waals surface area contributed by atoms with Crippen LogP contribution in [0.5, 0.6) is 5.75 Å². The fourth-order valence-electron chi connectivity index (χ4n) is 5.08. The van der Waals surface area contributed by atoms with Crippen LogP contribution in [0.3, 0.4) is 0 Å². The number of nitrogens with two attached hydrogens (primary N) is 1. The van der Waals surface area contributed by atoms with E-state index in [9.17, 15) is 24.6 Å². The quantitative estimate of drug-likeness (QED) is 0.413. The van der Waals surface area contributed by atoms with Gasteiger partial charge in [0.25, 0.3) is 17.7 Å². The largest absolute Gasteiger partial charge is 0.508 e. The van der Waals surface area contributed by atoms with Crippen molar-refractivity contribution in [3.05, 3.63) is 65.2 Å². The van der Waals surface area contributed by atoms with Gasteiger partial charge in [0.1, 0.15) is 16.7 Å². The van der Waals surface area contributed by atoms with Gasteiger partial charge in [0, 0.05) is 11.1 Å². The van der Waals surface area contributed by atoms with Gasteiger partial charge in [-0.1, -0.05) is 36.4 Å². The highest BCUT2D eigenvalue weighted by atomic mass is 32.2. The molecule has 0 radical (unpaired) electrons. The second-order valence-corrected chi connectivity index (χ2v) is 11.4. The SMILES string of the molecule is Cc1c(O)cccc1C(=O)N[C@@H](Cc1ccccc1)[C@H](O)C(=O)N1CSC2(C)[C@H]1C(=O)N2C(C)(C)N. The molecule has 5 N–H and O–H groups in total. The summed E-state index contributed by atoms with van der Waals surface area (Å²) >= 11 is 1.42. The summed E-state index contributed by atoms with van der Waals surface area (Å²) in [5.41, 5.74) is 6.76. The van der Waals surface area contributed by atoms with E-state index in [4.69, 9.17) is 5.73 Å². The number of β-lactam (4-membered cyclic amide) rings is 1. The minimum atomic E-state index is -1.59. The van der Waals surface area contributed by atoms with E-state index in [2.05, 4.69) is 5.32 Å². The van der Waals surface area contributed by atoms with Crippen molar-refractivity contribution in [2.75, 3.05) is 5.88 Å². The number of aliphatic hydroxyl groups is 1. The van der Waals surface area contributed by atoms with Crippen LogP contribution in [-0.4, -0.2) is 72.3 Å². The number of rotatable bonds is 7. The van der Waals surface area contributed by atoms with Crippen molar-refractivity contribution < 1.29 is 24.6 Å². The van der Waals surface area contributed by atoms with E-state index in [1.807, 2.05) is 37.3 Å². The van der Waals surface area contributed by atoms with E-state index in [1.165, 1.54) is 22.7 Å². The Morgan fingerprint density at radius 2 is 1.89 bits per heavy atom. The van der Waals surface area contributed by atoms with E-state index < -0.39 is 40.5 Å². The number of nitrogens with zero attached hydrogens (tertiary/aromatic N) is 2. The third-order valence-electron chi connectivity index (χ3n) is 6.87. The molecule has 0 aromatic heterocycles. The lowest BCUT2D eigenvalue weighted by Gasteiger charge is -2.58. The summed E-state index contributed by atoms with van der Waals surface area (Å²) in [6.45, 7) is 6.96. The molecule has 1 unspecified atom stereocenters. The number of benzene rings is 2. The Morgan fingerprint density at radius 1 is 1.22 bits per heavy atom. The van der Waals surface area contributed by atoms with E-state index in [0.717, 1.165) is 5.56 Å². The van der Waals surface area contributed by atoms with Gasteiger partial charge in [-0.25, -0.2) is 0 Å². The summed E-state index contributed by atoms with van der Waals surface area (Å²) in [5, 5.41) is 24.0. The minimum absolute atomic E-state index is 0.0249. The number of carbonyl (C=O) groups excluding carboxylic acids is 3. The summed E-state index contributed by atoms with van der Waals surface area (Å²) in [4.78, 5) is 41.9. The summed E-state index contributed by atoms with van der Waals surface area (Å²) in [6, 6.07) is 12.1. The number of carbonyl (C=O) groups is 3. The highest BCUT2D eigenvalue weighted by Crippen LogP contribution is 2.52. The van der Waals surface area contributed by atoms with Crippen LogP contribution in [0.1, 0.15) is 42.3 Å². The molecule has 0 aliphatic carbocycles. The Labute approximate surface area is 214 Å². The van der Waals surface area contributed by atoms with Gasteiger partial charge in [-0.05, 0) is 51.8 Å². The molecule has 10 heteroatoms. The molecule has 4 rings (SSSR count). The first kappa shape index (κ1) is 26.0. The van der Waals surface area contributed by atoms with E-state index in [1.54, 1.807) is 37.8 Å². The molecule has 0 saturated carbocycles. The van der Waals surface area contributed by atoms with Crippen LogP contribution in [0, 0.1) is 6.92 Å². The lowest BCUT2D eigenvalue weighted by atomic mass is 9.89. The Balaban J connectivity index is 1.58. The first-order chi connectivity index (χ1) is 16.9. The van der Waals surface area contributed by atoms with Gasteiger partial charge in [0.15, 0.2) is 6.10 Å². The average molecular weight is 513 g/mol. The molecule has 192 valence electrons. The number of aliphatic hydroxyl groups excluding tert-OH is 1. The molecule has 9 nitrogen and oxygen atoms in total. The first-order valence-corrected chi connectivity index (χ1v) is 12.7. The van der Waals surface area contributed by atoms with Gasteiger partial charge < -0.3 is 31.1 Å². The normalized spacial score (nSPS) is 23.1. The van der Waals surface area contributed by atoms with Gasteiger partial charge in [-0.15, -0.1) is 11.8 Å².